The molecule has 4 heterocycles. The van der Waals surface area contributed by atoms with Gasteiger partial charge in [0.15, 0.2) is 35.6 Å². The van der Waals surface area contributed by atoms with Crippen molar-refractivity contribution in [1.29, 1.82) is 0 Å². The lowest BCUT2D eigenvalue weighted by atomic mass is 9.66. The molecule has 2 aromatic carbocycles. The Bertz CT molecular complexity index is 1350. The van der Waals surface area contributed by atoms with Crippen molar-refractivity contribution in [3.63, 3.8) is 0 Å². The number of carbonyl (C=O) groups excluding carboxylic acids is 1. The van der Waals surface area contributed by atoms with Crippen LogP contribution in [0.3, 0.4) is 0 Å². The lowest BCUT2D eigenvalue weighted by Crippen LogP contribution is -2.63. The molecule has 0 spiro atoms. The number of cyclic esters (lactones) is 1. The van der Waals surface area contributed by atoms with Crippen LogP contribution in [-0.2, 0) is 28.5 Å². The van der Waals surface area contributed by atoms with E-state index < -0.39 is 66.8 Å². The van der Waals surface area contributed by atoms with Gasteiger partial charge in [0.2, 0.25) is 12.5 Å². The van der Waals surface area contributed by atoms with Crippen LogP contribution in [-0.4, -0.2) is 92.5 Å². The van der Waals surface area contributed by atoms with Crippen molar-refractivity contribution in [1.82, 2.24) is 0 Å². The van der Waals surface area contributed by atoms with Crippen molar-refractivity contribution in [2.75, 3.05) is 34.2 Å². The zero-order valence-corrected chi connectivity index (χ0v) is 23.1. The first-order valence-corrected chi connectivity index (χ1v) is 13.8. The average Bonchev–Trinajstić information content (AvgIpc) is 3.61. The molecule has 3 fully saturated rings. The van der Waals surface area contributed by atoms with E-state index in [1.807, 2.05) is 0 Å². The van der Waals surface area contributed by atoms with Gasteiger partial charge in [-0.3, -0.25) is 4.79 Å². The number of aromatic hydroxyl groups is 1. The fourth-order valence-electron chi connectivity index (χ4n) is 6.74. The summed E-state index contributed by atoms with van der Waals surface area (Å²) in [6, 6.07) is 6.93. The molecule has 0 radical (unpaired) electrons. The summed E-state index contributed by atoms with van der Waals surface area (Å²) in [5.41, 5.74) is 2.01. The summed E-state index contributed by atoms with van der Waals surface area (Å²) in [4.78, 5) is 13.4. The number of carbonyl (C=O) groups is 1. The van der Waals surface area contributed by atoms with Gasteiger partial charge in [0.25, 0.3) is 0 Å². The molecule has 13 heteroatoms. The van der Waals surface area contributed by atoms with E-state index in [1.54, 1.807) is 31.2 Å². The number of phenolic OH excluding ortho intramolecular Hbond substituents is 1. The molecule has 0 aromatic heterocycles. The van der Waals surface area contributed by atoms with Crippen molar-refractivity contribution >= 4 is 5.97 Å². The van der Waals surface area contributed by atoms with Crippen molar-refractivity contribution < 1.29 is 62.7 Å². The summed E-state index contributed by atoms with van der Waals surface area (Å²) in [6.45, 7) is 1.93. The monoisotopic (exact) mass is 588 g/mol. The molecule has 5 aliphatic rings. The summed E-state index contributed by atoms with van der Waals surface area (Å²) in [5, 5.41) is 32.5. The first-order chi connectivity index (χ1) is 20.3. The molecule has 10 atom stereocenters. The summed E-state index contributed by atoms with van der Waals surface area (Å²) >= 11 is 0. The van der Waals surface area contributed by atoms with Crippen molar-refractivity contribution in [3.05, 3.63) is 41.0 Å². The van der Waals surface area contributed by atoms with Gasteiger partial charge in [-0.25, -0.2) is 0 Å². The van der Waals surface area contributed by atoms with Gasteiger partial charge in [0.1, 0.15) is 24.4 Å². The van der Waals surface area contributed by atoms with E-state index in [1.165, 1.54) is 14.2 Å². The Kier molecular flexibility index (Phi) is 6.83. The highest BCUT2D eigenvalue weighted by molar-refractivity contribution is 5.79. The SMILES string of the molecule is COc1cc([C@@H]2c3cc4c(cc3[C@@H](O[C@@H]3OC5CO[C@@H](C)O[C@H]5C(O)[C@@H]3O)[C@H]3COC(=O)[C@H]23)OCO4)cc(OC)c1O. The smallest absolute Gasteiger partial charge is 0.310 e. The largest absolute Gasteiger partial charge is 0.502 e. The molecule has 13 nitrogen and oxygen atoms in total. The van der Waals surface area contributed by atoms with E-state index >= 15 is 0 Å². The molecular formula is C29H32O13. The second-order valence-electron chi connectivity index (χ2n) is 11.0. The number of benzene rings is 2. The maximum absolute atomic E-state index is 13.4. The first-order valence-electron chi connectivity index (χ1n) is 13.8. The molecule has 1 aliphatic carbocycles. The maximum Gasteiger partial charge on any atom is 0.310 e. The van der Waals surface area contributed by atoms with Crippen molar-refractivity contribution in [3.8, 4) is 28.7 Å². The highest BCUT2D eigenvalue weighted by atomic mass is 16.8. The van der Waals surface area contributed by atoms with Gasteiger partial charge in [0.05, 0.1) is 39.5 Å². The average molecular weight is 589 g/mol. The Morgan fingerprint density at radius 1 is 0.881 bits per heavy atom. The molecule has 2 unspecified atom stereocenters. The standard InChI is InChI=1S/C29H32O13/c1-11-36-9-20-27(40-11)24(31)25(32)29(41-20)42-26-14-7-17-16(38-10-39-17)6-13(14)21(22-15(26)8-37-28(22)33)12-4-18(34-2)23(30)19(5-12)35-3/h4-7,11,15,20-22,24-27,29-32H,8-10H2,1-3H3/t11-,15+,20?,21-,22+,24?,25+,26-,27-,29+/m1/s1. The molecule has 0 bridgehead atoms. The Balaban J connectivity index is 1.32. The third kappa shape index (κ3) is 4.26. The van der Waals surface area contributed by atoms with Crippen LogP contribution in [0.1, 0.15) is 35.6 Å². The van der Waals surface area contributed by atoms with Gasteiger partial charge in [-0.05, 0) is 47.9 Å². The van der Waals surface area contributed by atoms with E-state index in [9.17, 15) is 20.1 Å². The van der Waals surface area contributed by atoms with Crippen LogP contribution in [0.5, 0.6) is 28.7 Å². The minimum absolute atomic E-state index is 0.0301. The molecule has 0 amide bonds. The molecule has 3 N–H and O–H groups in total. The third-order valence-corrected chi connectivity index (χ3v) is 8.75. The minimum atomic E-state index is -1.44. The molecule has 2 aromatic rings. The van der Waals surface area contributed by atoms with Crippen LogP contribution in [0.4, 0.5) is 0 Å². The van der Waals surface area contributed by atoms with Crippen molar-refractivity contribution in [2.24, 2.45) is 11.8 Å². The van der Waals surface area contributed by atoms with Crippen LogP contribution < -0.4 is 18.9 Å². The Morgan fingerprint density at radius 3 is 2.26 bits per heavy atom. The van der Waals surface area contributed by atoms with Crippen LogP contribution in [0.2, 0.25) is 0 Å². The molecule has 226 valence electrons. The van der Waals surface area contributed by atoms with Crippen molar-refractivity contribution in [2.45, 2.75) is 55.9 Å². The van der Waals surface area contributed by atoms with Gasteiger partial charge in [-0.15, -0.1) is 0 Å². The quantitative estimate of drug-likeness (QED) is 0.430. The number of rotatable bonds is 5. The highest BCUT2D eigenvalue weighted by Gasteiger charge is 2.56. The maximum atomic E-state index is 13.4. The number of hydrogen-bond acceptors (Lipinski definition) is 13. The Hall–Kier alpha value is -3.33. The lowest BCUT2D eigenvalue weighted by Gasteiger charge is -2.47. The second kappa shape index (κ2) is 10.4. The first kappa shape index (κ1) is 27.5. The van der Waals surface area contributed by atoms with E-state index in [-0.39, 0.29) is 37.3 Å². The summed E-state index contributed by atoms with van der Waals surface area (Å²) in [7, 11) is 2.86. The van der Waals surface area contributed by atoms with Gasteiger partial charge in [0, 0.05) is 11.8 Å². The number of methoxy groups -OCH3 is 2. The Labute approximate surface area is 240 Å². The van der Waals surface area contributed by atoms with Gasteiger partial charge < -0.3 is 58.0 Å². The zero-order chi connectivity index (χ0) is 29.3. The number of aliphatic hydroxyl groups is 2. The van der Waals surface area contributed by atoms with Crippen LogP contribution in [0.25, 0.3) is 0 Å². The predicted octanol–water partition coefficient (Wildman–Crippen LogP) is 1.34. The van der Waals surface area contributed by atoms with Gasteiger partial charge >= 0.3 is 5.97 Å². The van der Waals surface area contributed by atoms with Gasteiger partial charge in [-0.1, -0.05) is 0 Å². The number of fused-ring (bicyclic) bond motifs is 4. The molecule has 7 rings (SSSR count). The van der Waals surface area contributed by atoms with Crippen LogP contribution in [0, 0.1) is 11.8 Å². The topological polar surface area (TPSA) is 161 Å². The van der Waals surface area contributed by atoms with Crippen LogP contribution >= 0.6 is 0 Å². The number of aliphatic hydroxyl groups excluding tert-OH is 2. The molecule has 3 saturated heterocycles. The van der Waals surface area contributed by atoms with Gasteiger partial charge in [-0.2, -0.15) is 0 Å². The number of ether oxygens (including phenoxy) is 9. The fraction of sp³-hybridized carbons (Fsp3) is 0.552. The molecule has 4 aliphatic heterocycles. The fourth-order valence-corrected chi connectivity index (χ4v) is 6.74. The summed E-state index contributed by atoms with van der Waals surface area (Å²) < 4.78 is 51.5. The van der Waals surface area contributed by atoms with E-state index in [4.69, 9.17) is 42.6 Å². The highest BCUT2D eigenvalue weighted by Crippen LogP contribution is 2.57. The summed E-state index contributed by atoms with van der Waals surface area (Å²) in [6.07, 6.45) is -6.80. The molecule has 0 saturated carbocycles. The Morgan fingerprint density at radius 2 is 1.57 bits per heavy atom. The normalized spacial score (nSPS) is 36.5. The summed E-state index contributed by atoms with van der Waals surface area (Å²) in [5.74, 6) is -1.02. The van der Waals surface area contributed by atoms with Crippen LogP contribution in [0.15, 0.2) is 24.3 Å². The predicted molar refractivity (Wildman–Crippen MR) is 138 cm³/mol. The molecular weight excluding hydrogens is 556 g/mol. The lowest BCUT2D eigenvalue weighted by molar-refractivity contribution is -0.364. The molecule has 42 heavy (non-hydrogen) atoms. The zero-order valence-electron chi connectivity index (χ0n) is 23.1. The third-order valence-electron chi connectivity index (χ3n) is 8.75. The number of phenols is 1. The number of hydrogen-bond donors (Lipinski definition) is 3. The second-order valence-corrected chi connectivity index (χ2v) is 11.0. The van der Waals surface area contributed by atoms with E-state index in [0.29, 0.717) is 28.2 Å². The minimum Gasteiger partial charge on any atom is -0.502 e. The number of esters is 1. The van der Waals surface area contributed by atoms with E-state index in [2.05, 4.69) is 0 Å². The van der Waals surface area contributed by atoms with E-state index in [0.717, 1.165) is 0 Å².